The van der Waals surface area contributed by atoms with Gasteiger partial charge in [0, 0.05) is 18.0 Å². The summed E-state index contributed by atoms with van der Waals surface area (Å²) in [5, 5.41) is 13.5. The lowest BCUT2D eigenvalue weighted by Crippen LogP contribution is -2.38. The number of rotatable bonds is 5. The first-order valence-corrected chi connectivity index (χ1v) is 7.91. The van der Waals surface area contributed by atoms with Gasteiger partial charge in [-0.2, -0.15) is 13.2 Å². The molecule has 10 heteroatoms. The Kier molecular flexibility index (Phi) is 7.06. The largest absolute Gasteiger partial charge is 0.481 e. The van der Waals surface area contributed by atoms with Crippen molar-refractivity contribution in [2.45, 2.75) is 19.1 Å². The molecule has 2 N–H and O–H groups in total. The van der Waals surface area contributed by atoms with Gasteiger partial charge in [0.1, 0.15) is 0 Å². The second-order valence-corrected chi connectivity index (χ2v) is 6.57. The first-order chi connectivity index (χ1) is 10.7. The predicted molar refractivity (Wildman–Crippen MR) is 85.2 cm³/mol. The fraction of sp³-hybridized carbons (Fsp3) is 0.571. The number of aliphatic carboxylic acids is 1. The van der Waals surface area contributed by atoms with Crippen molar-refractivity contribution in [2.75, 3.05) is 19.6 Å². The van der Waals surface area contributed by atoms with E-state index in [-0.39, 0.29) is 31.5 Å². The lowest BCUT2D eigenvalue weighted by molar-refractivity contribution is -0.188. The number of alkyl halides is 3. The number of amides is 1. The normalized spacial score (nSPS) is 22.7. The van der Waals surface area contributed by atoms with E-state index in [1.807, 2.05) is 17.5 Å². The zero-order valence-corrected chi connectivity index (χ0v) is 14.4. The highest BCUT2D eigenvalue weighted by Crippen LogP contribution is 2.37. The summed E-state index contributed by atoms with van der Waals surface area (Å²) >= 11 is 1.47. The number of carbonyl (C=O) groups excluding carboxylic acids is 1. The van der Waals surface area contributed by atoms with E-state index < -0.39 is 36.4 Å². The molecular weight excluding hydrogens is 369 g/mol. The van der Waals surface area contributed by atoms with Crippen LogP contribution in [0.15, 0.2) is 17.5 Å². The highest BCUT2D eigenvalue weighted by atomic mass is 35.5. The fourth-order valence-corrected chi connectivity index (χ4v) is 3.43. The minimum Gasteiger partial charge on any atom is -0.481 e. The van der Waals surface area contributed by atoms with Crippen molar-refractivity contribution in [3.05, 3.63) is 22.4 Å². The Hall–Kier alpha value is -1.32. The Morgan fingerprint density at radius 3 is 2.58 bits per heavy atom. The van der Waals surface area contributed by atoms with E-state index in [2.05, 4.69) is 5.32 Å². The number of carbonyl (C=O) groups is 2. The van der Waals surface area contributed by atoms with E-state index in [0.717, 1.165) is 4.88 Å². The van der Waals surface area contributed by atoms with Crippen LogP contribution in [0.5, 0.6) is 0 Å². The summed E-state index contributed by atoms with van der Waals surface area (Å²) in [4.78, 5) is 25.1. The van der Waals surface area contributed by atoms with Gasteiger partial charge in [0.05, 0.1) is 24.4 Å². The van der Waals surface area contributed by atoms with E-state index >= 15 is 0 Å². The summed E-state index contributed by atoms with van der Waals surface area (Å²) in [7, 11) is 0. The number of halogens is 4. The van der Waals surface area contributed by atoms with Crippen LogP contribution in [0.2, 0.25) is 0 Å². The number of hydrogen-bond donors (Lipinski definition) is 2. The average Bonchev–Trinajstić information content (AvgIpc) is 3.06. The van der Waals surface area contributed by atoms with E-state index in [1.54, 1.807) is 6.92 Å². The van der Waals surface area contributed by atoms with Crippen LogP contribution in [-0.2, 0) is 9.59 Å². The van der Waals surface area contributed by atoms with Crippen LogP contribution in [0, 0.1) is 11.8 Å². The average molecular weight is 387 g/mol. The third-order valence-electron chi connectivity index (χ3n) is 3.85. The molecule has 1 aromatic heterocycles. The topological polar surface area (TPSA) is 69.6 Å². The molecule has 1 amide bonds. The first kappa shape index (κ1) is 20.7. The van der Waals surface area contributed by atoms with Crippen LogP contribution in [0.4, 0.5) is 13.2 Å². The maximum Gasteiger partial charge on any atom is 0.393 e. The van der Waals surface area contributed by atoms with E-state index in [0.29, 0.717) is 0 Å². The molecule has 5 nitrogen and oxygen atoms in total. The molecule has 2 rings (SSSR count). The number of thiophene rings is 1. The molecule has 136 valence electrons. The van der Waals surface area contributed by atoms with Crippen molar-refractivity contribution in [3.63, 3.8) is 0 Å². The van der Waals surface area contributed by atoms with Crippen LogP contribution in [0.3, 0.4) is 0 Å². The summed E-state index contributed by atoms with van der Waals surface area (Å²) in [6, 6.07) is 3.46. The molecule has 1 aliphatic heterocycles. The van der Waals surface area contributed by atoms with E-state index in [9.17, 15) is 22.8 Å². The molecule has 0 bridgehead atoms. The number of likely N-dealkylation sites (tertiary alicyclic amines) is 1. The smallest absolute Gasteiger partial charge is 0.393 e. The van der Waals surface area contributed by atoms with Gasteiger partial charge in [0.25, 0.3) is 0 Å². The lowest BCUT2D eigenvalue weighted by Gasteiger charge is -2.19. The van der Waals surface area contributed by atoms with Gasteiger partial charge >= 0.3 is 12.1 Å². The zero-order valence-electron chi connectivity index (χ0n) is 12.7. The summed E-state index contributed by atoms with van der Waals surface area (Å²) < 4.78 is 38.7. The number of nitrogens with one attached hydrogen (secondary N) is 1. The quantitative estimate of drug-likeness (QED) is 0.816. The van der Waals surface area contributed by atoms with Gasteiger partial charge in [-0.3, -0.25) is 14.5 Å². The second-order valence-electron chi connectivity index (χ2n) is 5.59. The SMILES string of the molecule is CC(NC(=O)CN1C[C@@H](C(F)(F)F)[C@H](C(=O)O)C1)c1cccs1.Cl. The summed E-state index contributed by atoms with van der Waals surface area (Å²) in [5.41, 5.74) is 0. The van der Waals surface area contributed by atoms with Gasteiger partial charge in [0.2, 0.25) is 5.91 Å². The third kappa shape index (κ3) is 5.09. The van der Waals surface area contributed by atoms with Crippen LogP contribution in [0.1, 0.15) is 17.8 Å². The molecular formula is C14H18ClF3N2O3S. The van der Waals surface area contributed by atoms with E-state index in [1.165, 1.54) is 16.2 Å². The van der Waals surface area contributed by atoms with E-state index in [4.69, 9.17) is 5.11 Å². The van der Waals surface area contributed by atoms with Crippen molar-refractivity contribution >= 4 is 35.6 Å². The van der Waals surface area contributed by atoms with Gasteiger partial charge in [0.15, 0.2) is 0 Å². The van der Waals surface area contributed by atoms with Crippen molar-refractivity contribution < 1.29 is 27.9 Å². The molecule has 0 spiro atoms. The molecule has 0 aliphatic carbocycles. The Morgan fingerprint density at radius 1 is 1.46 bits per heavy atom. The molecule has 1 fully saturated rings. The Balaban J connectivity index is 0.00000288. The first-order valence-electron chi connectivity index (χ1n) is 7.03. The maximum absolute atomic E-state index is 12.9. The minimum absolute atomic E-state index is 0. The molecule has 1 aliphatic rings. The molecule has 0 saturated carbocycles. The number of carboxylic acid groups (broad SMARTS) is 1. The Morgan fingerprint density at radius 2 is 2.12 bits per heavy atom. The Labute approximate surface area is 147 Å². The maximum atomic E-state index is 12.9. The van der Waals surface area contributed by atoms with Gasteiger partial charge in [-0.25, -0.2) is 0 Å². The molecule has 0 radical (unpaired) electrons. The third-order valence-corrected chi connectivity index (χ3v) is 4.90. The van der Waals surface area contributed by atoms with Crippen LogP contribution in [0.25, 0.3) is 0 Å². The van der Waals surface area contributed by atoms with Gasteiger partial charge < -0.3 is 10.4 Å². The fourth-order valence-electron chi connectivity index (χ4n) is 2.70. The van der Waals surface area contributed by atoms with Crippen molar-refractivity contribution in [2.24, 2.45) is 11.8 Å². The van der Waals surface area contributed by atoms with Crippen LogP contribution < -0.4 is 5.32 Å². The summed E-state index contributed by atoms with van der Waals surface area (Å²) in [5.74, 6) is -5.37. The highest BCUT2D eigenvalue weighted by Gasteiger charge is 2.52. The Bertz CT molecular complexity index is 568. The van der Waals surface area contributed by atoms with Crippen molar-refractivity contribution in [1.29, 1.82) is 0 Å². The molecule has 24 heavy (non-hydrogen) atoms. The van der Waals surface area contributed by atoms with Crippen LogP contribution in [-0.4, -0.2) is 47.7 Å². The molecule has 2 heterocycles. The predicted octanol–water partition coefficient (Wildman–Crippen LogP) is 2.54. The van der Waals surface area contributed by atoms with Crippen molar-refractivity contribution in [3.8, 4) is 0 Å². The monoisotopic (exact) mass is 386 g/mol. The standard InChI is InChI=1S/C14H17F3N2O3S.ClH/c1-8(11-3-2-4-23-11)18-12(20)7-19-5-9(13(21)22)10(6-19)14(15,16)17;/h2-4,8-10H,5-7H2,1H3,(H,18,20)(H,21,22);1H/t8?,9-,10-;/m1./s1. The van der Waals surface area contributed by atoms with Gasteiger partial charge in [-0.05, 0) is 18.4 Å². The summed E-state index contributed by atoms with van der Waals surface area (Å²) in [6.45, 7) is 0.792. The lowest BCUT2D eigenvalue weighted by atomic mass is 9.96. The van der Waals surface area contributed by atoms with Crippen molar-refractivity contribution in [1.82, 2.24) is 10.2 Å². The zero-order chi connectivity index (χ0) is 17.2. The second kappa shape index (κ2) is 8.17. The molecule has 1 saturated heterocycles. The summed E-state index contributed by atoms with van der Waals surface area (Å²) in [6.07, 6.45) is -4.58. The highest BCUT2D eigenvalue weighted by molar-refractivity contribution is 7.10. The molecule has 3 atom stereocenters. The minimum atomic E-state index is -4.58. The number of carboxylic acids is 1. The molecule has 1 unspecified atom stereocenters. The number of nitrogens with zero attached hydrogens (tertiary/aromatic N) is 1. The van der Waals surface area contributed by atoms with Gasteiger partial charge in [-0.1, -0.05) is 6.07 Å². The molecule has 1 aromatic rings. The van der Waals surface area contributed by atoms with Gasteiger partial charge in [-0.15, -0.1) is 23.7 Å². The molecule has 0 aromatic carbocycles. The van der Waals surface area contributed by atoms with Crippen LogP contribution >= 0.6 is 23.7 Å². The number of hydrogen-bond acceptors (Lipinski definition) is 4.